The second-order valence-corrected chi connectivity index (χ2v) is 6.36. The minimum atomic E-state index is -0.0659. The van der Waals surface area contributed by atoms with Crippen LogP contribution in [-0.4, -0.2) is 21.0 Å². The van der Waals surface area contributed by atoms with E-state index in [0.29, 0.717) is 16.8 Å². The van der Waals surface area contributed by atoms with E-state index in [-0.39, 0.29) is 5.78 Å². The molecule has 0 atom stereocenters. The second-order valence-electron chi connectivity index (χ2n) is 6.36. The lowest BCUT2D eigenvalue weighted by Crippen LogP contribution is -2.03. The summed E-state index contributed by atoms with van der Waals surface area (Å²) in [5.41, 5.74) is 11.1. The normalized spacial score (nSPS) is 11.3. The molecule has 0 radical (unpaired) electrons. The molecule has 0 aliphatic heterocycles. The number of nitrogen functional groups attached to an aromatic ring is 1. The highest BCUT2D eigenvalue weighted by molar-refractivity contribution is 6.11. The summed E-state index contributed by atoms with van der Waals surface area (Å²) in [6.45, 7) is 1.92. The molecule has 0 fully saturated rings. The van der Waals surface area contributed by atoms with Gasteiger partial charge in [-0.2, -0.15) is 5.10 Å². The number of ketones is 1. The molecule has 3 N–H and O–H groups in total. The van der Waals surface area contributed by atoms with E-state index in [1.807, 2.05) is 61.5 Å². The third-order valence-electron chi connectivity index (χ3n) is 4.50. The van der Waals surface area contributed by atoms with Crippen molar-refractivity contribution >= 4 is 34.5 Å². The van der Waals surface area contributed by atoms with E-state index in [9.17, 15) is 4.79 Å². The van der Waals surface area contributed by atoms with Crippen LogP contribution in [0.15, 0.2) is 60.8 Å². The van der Waals surface area contributed by atoms with Gasteiger partial charge in [0.2, 0.25) is 0 Å². The molecule has 2 aromatic heterocycles. The molecule has 4 rings (SSSR count). The molecular formula is C22H18N4O. The number of hydrogen-bond donors (Lipinski definition) is 2. The molecule has 0 aliphatic rings. The molecule has 0 spiro atoms. The molecule has 0 bridgehead atoms. The van der Waals surface area contributed by atoms with Crippen molar-refractivity contribution in [3.8, 4) is 0 Å². The maximum Gasteiger partial charge on any atom is 0.193 e. The van der Waals surface area contributed by atoms with Gasteiger partial charge in [-0.1, -0.05) is 24.3 Å². The maximum atomic E-state index is 12.8. The average Bonchev–Trinajstić information content (AvgIpc) is 3.11. The van der Waals surface area contributed by atoms with E-state index >= 15 is 0 Å². The van der Waals surface area contributed by atoms with Gasteiger partial charge in [-0.05, 0) is 55.0 Å². The molecule has 5 heteroatoms. The predicted octanol–water partition coefficient (Wildman–Crippen LogP) is 4.25. The summed E-state index contributed by atoms with van der Waals surface area (Å²) in [6, 6.07) is 16.6. The summed E-state index contributed by atoms with van der Waals surface area (Å²) >= 11 is 0. The van der Waals surface area contributed by atoms with Crippen molar-refractivity contribution in [1.82, 2.24) is 15.2 Å². The van der Waals surface area contributed by atoms with Crippen molar-refractivity contribution < 1.29 is 4.79 Å². The maximum absolute atomic E-state index is 12.8. The van der Waals surface area contributed by atoms with E-state index < -0.39 is 0 Å². The Morgan fingerprint density at radius 2 is 1.85 bits per heavy atom. The Hall–Kier alpha value is -3.73. The molecule has 27 heavy (non-hydrogen) atoms. The number of anilines is 1. The van der Waals surface area contributed by atoms with Gasteiger partial charge in [0.25, 0.3) is 0 Å². The van der Waals surface area contributed by atoms with Gasteiger partial charge in [-0.3, -0.25) is 14.9 Å². The Bertz CT molecular complexity index is 1160. The smallest absolute Gasteiger partial charge is 0.193 e. The number of nitrogens with one attached hydrogen (secondary N) is 1. The van der Waals surface area contributed by atoms with E-state index in [2.05, 4.69) is 15.2 Å². The number of nitrogens with zero attached hydrogens (tertiary/aromatic N) is 2. The lowest BCUT2D eigenvalue weighted by atomic mass is 10.00. The van der Waals surface area contributed by atoms with E-state index in [1.54, 1.807) is 18.3 Å². The number of benzene rings is 2. The minimum absolute atomic E-state index is 0.0659. The second kappa shape index (κ2) is 6.88. The largest absolute Gasteiger partial charge is 0.398 e. The summed E-state index contributed by atoms with van der Waals surface area (Å²) < 4.78 is 0. The van der Waals surface area contributed by atoms with Crippen LogP contribution >= 0.6 is 0 Å². The first-order chi connectivity index (χ1) is 13.1. The number of aromatic amines is 1. The molecule has 4 aromatic rings. The number of rotatable bonds is 4. The van der Waals surface area contributed by atoms with Crippen molar-refractivity contribution in [1.29, 1.82) is 0 Å². The molecule has 2 heterocycles. The molecular weight excluding hydrogens is 336 g/mol. The van der Waals surface area contributed by atoms with E-state index in [4.69, 9.17) is 5.73 Å². The van der Waals surface area contributed by atoms with Crippen LogP contribution < -0.4 is 5.73 Å². The van der Waals surface area contributed by atoms with Crippen LogP contribution in [-0.2, 0) is 0 Å². The summed E-state index contributed by atoms with van der Waals surface area (Å²) in [7, 11) is 0. The van der Waals surface area contributed by atoms with Crippen molar-refractivity contribution in [3.63, 3.8) is 0 Å². The lowest BCUT2D eigenvalue weighted by molar-refractivity contribution is 0.103. The first-order valence-electron chi connectivity index (χ1n) is 8.60. The Kier molecular flexibility index (Phi) is 4.26. The third kappa shape index (κ3) is 3.35. The molecule has 0 amide bonds. The number of hydrogen-bond acceptors (Lipinski definition) is 4. The highest BCUT2D eigenvalue weighted by Crippen LogP contribution is 2.22. The van der Waals surface area contributed by atoms with E-state index in [1.165, 1.54) is 0 Å². The fraction of sp³-hybridized carbons (Fsp3) is 0.0455. The van der Waals surface area contributed by atoms with Crippen molar-refractivity contribution in [2.24, 2.45) is 0 Å². The topological polar surface area (TPSA) is 84.7 Å². The number of aryl methyl sites for hydroxylation is 1. The number of fused-ring (bicyclic) bond motifs is 1. The number of nitrogens with two attached hydrogens (primary N) is 1. The van der Waals surface area contributed by atoms with Crippen LogP contribution in [0.2, 0.25) is 0 Å². The standard InChI is InChI=1S/C22H18N4O/c1-14-5-6-15(12-19(14)23)22(27)16-7-9-18-20(25-26-21(18)13-16)10-8-17-4-2-3-11-24-17/h2-13H,23H2,1H3,(H,25,26)/b10-8+. The van der Waals surface area contributed by atoms with Crippen LogP contribution in [0.25, 0.3) is 23.1 Å². The van der Waals surface area contributed by atoms with Crippen LogP contribution in [0, 0.1) is 6.92 Å². The monoisotopic (exact) mass is 354 g/mol. The van der Waals surface area contributed by atoms with Gasteiger partial charge in [-0.25, -0.2) is 0 Å². The van der Waals surface area contributed by atoms with Gasteiger partial charge in [0.05, 0.1) is 16.9 Å². The molecule has 5 nitrogen and oxygen atoms in total. The van der Waals surface area contributed by atoms with Crippen LogP contribution in [0.3, 0.4) is 0 Å². The predicted molar refractivity (Wildman–Crippen MR) is 108 cm³/mol. The number of carbonyl (C=O) groups excluding carboxylic acids is 1. The molecule has 0 unspecified atom stereocenters. The van der Waals surface area contributed by atoms with Crippen LogP contribution in [0.4, 0.5) is 5.69 Å². The average molecular weight is 354 g/mol. The van der Waals surface area contributed by atoms with E-state index in [0.717, 1.165) is 27.9 Å². The van der Waals surface area contributed by atoms with Crippen molar-refractivity contribution in [2.75, 3.05) is 5.73 Å². The number of pyridine rings is 1. The third-order valence-corrected chi connectivity index (χ3v) is 4.50. The van der Waals surface area contributed by atoms with Gasteiger partial charge in [0, 0.05) is 28.4 Å². The number of aromatic nitrogens is 3. The first-order valence-corrected chi connectivity index (χ1v) is 8.60. The summed E-state index contributed by atoms with van der Waals surface area (Å²) in [5.74, 6) is -0.0659. The molecule has 2 aromatic carbocycles. The van der Waals surface area contributed by atoms with Crippen LogP contribution in [0.1, 0.15) is 32.9 Å². The molecule has 0 saturated heterocycles. The zero-order valence-corrected chi connectivity index (χ0v) is 14.8. The highest BCUT2D eigenvalue weighted by Gasteiger charge is 2.12. The van der Waals surface area contributed by atoms with Crippen molar-refractivity contribution in [3.05, 3.63) is 88.9 Å². The summed E-state index contributed by atoms with van der Waals surface area (Å²) in [5, 5.41) is 8.28. The zero-order valence-electron chi connectivity index (χ0n) is 14.8. The quantitative estimate of drug-likeness (QED) is 0.424. The van der Waals surface area contributed by atoms with Crippen molar-refractivity contribution in [2.45, 2.75) is 6.92 Å². The Labute approximate surface area is 156 Å². The fourth-order valence-corrected chi connectivity index (χ4v) is 2.90. The van der Waals surface area contributed by atoms with Crippen LogP contribution in [0.5, 0.6) is 0 Å². The van der Waals surface area contributed by atoms with Gasteiger partial charge in [0.1, 0.15) is 0 Å². The minimum Gasteiger partial charge on any atom is -0.398 e. The van der Waals surface area contributed by atoms with Gasteiger partial charge < -0.3 is 5.73 Å². The zero-order chi connectivity index (χ0) is 18.8. The fourth-order valence-electron chi connectivity index (χ4n) is 2.90. The number of H-pyrrole nitrogens is 1. The Morgan fingerprint density at radius 3 is 2.63 bits per heavy atom. The van der Waals surface area contributed by atoms with Gasteiger partial charge in [0.15, 0.2) is 5.78 Å². The SMILES string of the molecule is Cc1ccc(C(=O)c2ccc3c(/C=C/c4ccccn4)n[nH]c3c2)cc1N. The highest BCUT2D eigenvalue weighted by atomic mass is 16.1. The first kappa shape index (κ1) is 16.7. The van der Waals surface area contributed by atoms with Gasteiger partial charge in [-0.15, -0.1) is 0 Å². The Balaban J connectivity index is 1.64. The lowest BCUT2D eigenvalue weighted by Gasteiger charge is -2.05. The molecule has 0 aliphatic carbocycles. The summed E-state index contributed by atoms with van der Waals surface area (Å²) in [6.07, 6.45) is 5.56. The van der Waals surface area contributed by atoms with Gasteiger partial charge >= 0.3 is 0 Å². The Morgan fingerprint density at radius 1 is 1.04 bits per heavy atom. The molecule has 132 valence electrons. The molecule has 0 saturated carbocycles. The summed E-state index contributed by atoms with van der Waals surface area (Å²) in [4.78, 5) is 17.0. The number of carbonyl (C=O) groups is 1.